The van der Waals surface area contributed by atoms with Gasteiger partial charge in [0.2, 0.25) is 0 Å². The Kier molecular flexibility index (Phi) is 1.88. The predicted molar refractivity (Wildman–Crippen MR) is 70.7 cm³/mol. The lowest BCUT2D eigenvalue weighted by molar-refractivity contribution is 0.585. The molecule has 1 aromatic rings. The van der Waals surface area contributed by atoms with Crippen LogP contribution in [0.25, 0.3) is 0 Å². The minimum Gasteiger partial charge on any atom is -0.325 e. The average Bonchev–Trinajstić information content (AvgIpc) is 3.00. The summed E-state index contributed by atoms with van der Waals surface area (Å²) in [4.78, 5) is 4.10. The minimum atomic E-state index is 0.236. The van der Waals surface area contributed by atoms with Crippen molar-refractivity contribution in [3.8, 4) is 0 Å². The van der Waals surface area contributed by atoms with Gasteiger partial charge in [0.1, 0.15) is 7.85 Å². The van der Waals surface area contributed by atoms with E-state index in [-0.39, 0.29) is 5.54 Å². The molecule has 0 atom stereocenters. The number of hydrogen-bond donors (Lipinski definition) is 1. The Balaban J connectivity index is 1.72. The van der Waals surface area contributed by atoms with E-state index in [0.717, 1.165) is 12.1 Å². The zero-order valence-electron chi connectivity index (χ0n) is 9.79. The highest BCUT2D eigenvalue weighted by molar-refractivity contribution is 6.32. The summed E-state index contributed by atoms with van der Waals surface area (Å²) in [7, 11) is 2.09. The van der Waals surface area contributed by atoms with Crippen LogP contribution in [0.15, 0.2) is 23.2 Å². The fraction of sp³-hybridized carbons (Fsp3) is 0.462. The molecule has 2 aliphatic rings. The summed E-state index contributed by atoms with van der Waals surface area (Å²) >= 11 is 0. The Morgan fingerprint density at radius 3 is 2.69 bits per heavy atom. The van der Waals surface area contributed by atoms with Crippen molar-refractivity contribution in [2.45, 2.75) is 31.2 Å². The third kappa shape index (κ3) is 1.35. The van der Waals surface area contributed by atoms with Crippen molar-refractivity contribution in [1.82, 2.24) is 0 Å². The first-order valence-electron chi connectivity index (χ1n) is 5.94. The van der Waals surface area contributed by atoms with Gasteiger partial charge in [-0.15, -0.1) is 0 Å². The lowest BCUT2D eigenvalue weighted by Crippen LogP contribution is -2.07. The number of aliphatic imine (C=N–C) groups is 1. The largest absolute Gasteiger partial charge is 0.325 e. The number of nitrogens with zero attached hydrogens (tertiary/aromatic N) is 1. The zero-order valence-corrected chi connectivity index (χ0v) is 9.79. The van der Waals surface area contributed by atoms with Crippen LogP contribution in [0.1, 0.15) is 24.8 Å². The molecule has 3 rings (SSSR count). The monoisotopic (exact) mass is 212 g/mol. The Labute approximate surface area is 97.4 Å². The minimum absolute atomic E-state index is 0.236. The number of nitrogens with two attached hydrogens (primary N) is 1. The van der Waals surface area contributed by atoms with Crippen LogP contribution in [0.4, 0.5) is 5.69 Å². The molecule has 0 aromatic heterocycles. The molecule has 0 amide bonds. The molecule has 0 heterocycles. The van der Waals surface area contributed by atoms with Gasteiger partial charge < -0.3 is 5.73 Å². The van der Waals surface area contributed by atoms with Gasteiger partial charge in [-0.2, -0.15) is 0 Å². The van der Waals surface area contributed by atoms with Gasteiger partial charge in [-0.05, 0) is 49.4 Å². The molecule has 3 heteroatoms. The summed E-state index contributed by atoms with van der Waals surface area (Å²) in [5.41, 5.74) is 10.4. The Bertz CT molecular complexity index is 461. The van der Waals surface area contributed by atoms with Crippen LogP contribution >= 0.6 is 0 Å². The van der Waals surface area contributed by atoms with Crippen LogP contribution in [0.5, 0.6) is 0 Å². The third-order valence-electron chi connectivity index (χ3n) is 4.40. The number of fused-ring (bicyclic) bond motifs is 1. The Morgan fingerprint density at radius 1 is 1.44 bits per heavy atom. The highest BCUT2D eigenvalue weighted by atomic mass is 15.0. The predicted octanol–water partition coefficient (Wildman–Crippen LogP) is 0.701. The first-order valence-corrected chi connectivity index (χ1v) is 5.94. The molecule has 0 bridgehead atoms. The molecule has 2 saturated carbocycles. The first-order chi connectivity index (χ1) is 7.59. The Morgan fingerprint density at radius 2 is 2.12 bits per heavy atom. The molecule has 16 heavy (non-hydrogen) atoms. The zero-order chi connectivity index (χ0) is 11.4. The summed E-state index contributed by atoms with van der Waals surface area (Å²) in [5, 5.41) is 0. The van der Waals surface area contributed by atoms with Crippen molar-refractivity contribution in [3.63, 3.8) is 0 Å². The molecule has 0 aliphatic heterocycles. The maximum absolute atomic E-state index is 6.10. The summed E-state index contributed by atoms with van der Waals surface area (Å²) < 4.78 is 0. The highest BCUT2D eigenvalue weighted by Gasteiger charge is 2.80. The quantitative estimate of drug-likeness (QED) is 0.579. The molecule has 2 fully saturated rings. The van der Waals surface area contributed by atoms with E-state index in [1.807, 2.05) is 0 Å². The number of aryl methyl sites for hydroxylation is 1. The first kappa shape index (κ1) is 10.1. The topological polar surface area (TPSA) is 38.4 Å². The standard InChI is InChI=1S/C13H17BN2/c1-16-11-6-10(14)3-2-9(11)4-5-12-7-13(12,15)8-12/h2-3,6H,1,4-5,7-8,14-15H2. The smallest absolute Gasteiger partial charge is 0.139 e. The fourth-order valence-electron chi connectivity index (χ4n) is 2.90. The van der Waals surface area contributed by atoms with Crippen molar-refractivity contribution in [2.75, 3.05) is 0 Å². The molecule has 2 N–H and O–H groups in total. The Hall–Kier alpha value is -1.09. The highest BCUT2D eigenvalue weighted by Crippen LogP contribution is 2.79. The van der Waals surface area contributed by atoms with Crippen LogP contribution < -0.4 is 11.2 Å². The van der Waals surface area contributed by atoms with E-state index < -0.39 is 0 Å². The summed E-state index contributed by atoms with van der Waals surface area (Å²) in [6, 6.07) is 6.44. The molecule has 82 valence electrons. The third-order valence-corrected chi connectivity index (χ3v) is 4.40. The molecular weight excluding hydrogens is 195 g/mol. The van der Waals surface area contributed by atoms with Gasteiger partial charge in [-0.1, -0.05) is 17.6 Å². The van der Waals surface area contributed by atoms with E-state index in [1.165, 1.54) is 30.3 Å². The van der Waals surface area contributed by atoms with Crippen LogP contribution in [-0.2, 0) is 6.42 Å². The number of rotatable bonds is 4. The second kappa shape index (κ2) is 2.98. The van der Waals surface area contributed by atoms with E-state index in [1.54, 1.807) is 0 Å². The summed E-state index contributed by atoms with van der Waals surface area (Å²) in [6.45, 7) is 3.64. The molecule has 0 unspecified atom stereocenters. The van der Waals surface area contributed by atoms with Crippen LogP contribution in [-0.4, -0.2) is 20.1 Å². The second-order valence-electron chi connectivity index (χ2n) is 5.58. The molecule has 0 spiro atoms. The van der Waals surface area contributed by atoms with Gasteiger partial charge in [-0.3, -0.25) is 4.99 Å². The van der Waals surface area contributed by atoms with Crippen LogP contribution in [0.2, 0.25) is 0 Å². The van der Waals surface area contributed by atoms with Crippen LogP contribution in [0.3, 0.4) is 0 Å². The maximum Gasteiger partial charge on any atom is 0.139 e. The summed E-state index contributed by atoms with van der Waals surface area (Å²) in [5.74, 6) is 0. The van der Waals surface area contributed by atoms with Crippen molar-refractivity contribution < 1.29 is 0 Å². The van der Waals surface area contributed by atoms with E-state index >= 15 is 0 Å². The van der Waals surface area contributed by atoms with Gasteiger partial charge in [0.25, 0.3) is 0 Å². The maximum atomic E-state index is 6.10. The lowest BCUT2D eigenvalue weighted by atomic mass is 9.92. The molecule has 0 saturated heterocycles. The molecule has 0 radical (unpaired) electrons. The van der Waals surface area contributed by atoms with E-state index in [0.29, 0.717) is 5.41 Å². The van der Waals surface area contributed by atoms with Gasteiger partial charge in [-0.25, -0.2) is 0 Å². The van der Waals surface area contributed by atoms with Crippen molar-refractivity contribution in [3.05, 3.63) is 23.8 Å². The van der Waals surface area contributed by atoms with Crippen molar-refractivity contribution in [1.29, 1.82) is 0 Å². The van der Waals surface area contributed by atoms with Gasteiger partial charge >= 0.3 is 0 Å². The number of hydrogen-bond acceptors (Lipinski definition) is 2. The second-order valence-corrected chi connectivity index (χ2v) is 5.58. The fourth-order valence-corrected chi connectivity index (χ4v) is 2.90. The van der Waals surface area contributed by atoms with Gasteiger partial charge in [0.05, 0.1) is 5.69 Å². The average molecular weight is 212 g/mol. The van der Waals surface area contributed by atoms with E-state index in [2.05, 4.69) is 37.8 Å². The number of benzene rings is 1. The lowest BCUT2D eigenvalue weighted by Gasteiger charge is -2.07. The molecule has 2 aliphatic carbocycles. The molecule has 1 aromatic carbocycles. The van der Waals surface area contributed by atoms with E-state index in [4.69, 9.17) is 5.73 Å². The van der Waals surface area contributed by atoms with Crippen LogP contribution in [0, 0.1) is 5.41 Å². The molecular formula is C13H17BN2. The molecule has 2 nitrogen and oxygen atoms in total. The van der Waals surface area contributed by atoms with Gasteiger partial charge in [0, 0.05) is 5.54 Å². The van der Waals surface area contributed by atoms with Gasteiger partial charge in [0.15, 0.2) is 0 Å². The van der Waals surface area contributed by atoms with E-state index in [9.17, 15) is 0 Å². The SMILES string of the molecule is Bc1ccc(CCC23CC2(N)C3)c(N=C)c1. The normalized spacial score (nSPS) is 34.3. The van der Waals surface area contributed by atoms with Crippen molar-refractivity contribution >= 4 is 25.7 Å². The summed E-state index contributed by atoms with van der Waals surface area (Å²) in [6.07, 6.45) is 4.79. The van der Waals surface area contributed by atoms with Crippen molar-refractivity contribution in [2.24, 2.45) is 16.1 Å².